The lowest BCUT2D eigenvalue weighted by Crippen LogP contribution is -2.24. The summed E-state index contributed by atoms with van der Waals surface area (Å²) in [5.41, 5.74) is 6.40. The molecule has 1 saturated carbocycles. The van der Waals surface area contributed by atoms with Gasteiger partial charge in [-0.2, -0.15) is 0 Å². The highest BCUT2D eigenvalue weighted by atomic mass is 32.2. The van der Waals surface area contributed by atoms with Crippen molar-refractivity contribution in [2.75, 3.05) is 4.72 Å². The lowest BCUT2D eigenvalue weighted by molar-refractivity contribution is 0.0997. The van der Waals surface area contributed by atoms with Gasteiger partial charge in [-0.05, 0) is 42.5 Å². The maximum atomic E-state index is 12.8. The van der Waals surface area contributed by atoms with Crippen LogP contribution >= 0.6 is 0 Å². The number of carbonyl (C=O) groups is 1. The van der Waals surface area contributed by atoms with Crippen LogP contribution in [0, 0.1) is 0 Å². The van der Waals surface area contributed by atoms with Gasteiger partial charge in [0.15, 0.2) is 0 Å². The second-order valence-electron chi connectivity index (χ2n) is 5.56. The molecule has 1 fully saturated rings. The van der Waals surface area contributed by atoms with Gasteiger partial charge in [0.1, 0.15) is 4.90 Å². The monoisotopic (exact) mass is 331 g/mol. The quantitative estimate of drug-likeness (QED) is 0.877. The Morgan fingerprint density at radius 2 is 2.00 bits per heavy atom. The van der Waals surface area contributed by atoms with Crippen LogP contribution in [0.5, 0.6) is 0 Å². The Bertz CT molecular complexity index is 831. The van der Waals surface area contributed by atoms with Crippen LogP contribution in [0.2, 0.25) is 0 Å². The molecular formula is C16H17N3O3S. The van der Waals surface area contributed by atoms with Gasteiger partial charge in [-0.3, -0.25) is 14.5 Å². The normalized spacial score (nSPS) is 15.0. The third-order valence-electron chi connectivity index (χ3n) is 4.04. The maximum Gasteiger partial charge on any atom is 0.263 e. The molecule has 3 rings (SSSR count). The Morgan fingerprint density at radius 1 is 1.22 bits per heavy atom. The predicted octanol–water partition coefficient (Wildman–Crippen LogP) is 2.25. The Kier molecular flexibility index (Phi) is 4.04. The summed E-state index contributed by atoms with van der Waals surface area (Å²) in [5.74, 6) is -0.604. The van der Waals surface area contributed by atoms with Crippen LogP contribution < -0.4 is 10.5 Å². The second-order valence-corrected chi connectivity index (χ2v) is 7.18. The van der Waals surface area contributed by atoms with Crippen molar-refractivity contribution >= 4 is 21.6 Å². The number of hydrogen-bond acceptors (Lipinski definition) is 4. The van der Waals surface area contributed by atoms with Crippen LogP contribution in [-0.4, -0.2) is 19.3 Å². The number of rotatable bonds is 5. The number of sulfonamides is 1. The van der Waals surface area contributed by atoms with Crippen molar-refractivity contribution in [3.63, 3.8) is 0 Å². The maximum absolute atomic E-state index is 12.8. The van der Waals surface area contributed by atoms with E-state index in [0.717, 1.165) is 19.3 Å². The van der Waals surface area contributed by atoms with Gasteiger partial charge >= 0.3 is 0 Å². The van der Waals surface area contributed by atoms with Crippen LogP contribution in [0.3, 0.4) is 0 Å². The van der Waals surface area contributed by atoms with E-state index in [4.69, 9.17) is 5.73 Å². The topological polar surface area (TPSA) is 102 Å². The average molecular weight is 331 g/mol. The molecule has 120 valence electrons. The Labute approximate surface area is 134 Å². The molecule has 0 spiro atoms. The zero-order chi connectivity index (χ0) is 16.4. The van der Waals surface area contributed by atoms with Crippen LogP contribution in [0.15, 0.2) is 47.6 Å². The summed E-state index contributed by atoms with van der Waals surface area (Å²) in [5, 5.41) is 0. The molecule has 23 heavy (non-hydrogen) atoms. The molecule has 1 aromatic carbocycles. The van der Waals surface area contributed by atoms with Crippen LogP contribution in [0.1, 0.15) is 41.1 Å². The standard InChI is InChI=1S/C16H17N3O3S/c17-16(20)14-8-2-7-13(11-4-1-5-11)15(14)23(21,22)19-12-6-3-9-18-10-12/h2-3,6-11,19H,1,4-5H2,(H2,17,20). The molecule has 1 aliphatic rings. The van der Waals surface area contributed by atoms with Gasteiger partial charge in [0.25, 0.3) is 10.0 Å². The van der Waals surface area contributed by atoms with E-state index >= 15 is 0 Å². The first-order valence-electron chi connectivity index (χ1n) is 7.34. The number of anilines is 1. The number of pyridine rings is 1. The summed E-state index contributed by atoms with van der Waals surface area (Å²) in [6.07, 6.45) is 5.85. The van der Waals surface area contributed by atoms with E-state index in [1.807, 2.05) is 0 Å². The fraction of sp³-hybridized carbons (Fsp3) is 0.250. The highest BCUT2D eigenvalue weighted by Gasteiger charge is 2.31. The van der Waals surface area contributed by atoms with Gasteiger partial charge in [-0.15, -0.1) is 0 Å². The van der Waals surface area contributed by atoms with Crippen molar-refractivity contribution in [3.05, 3.63) is 53.9 Å². The third-order valence-corrected chi connectivity index (χ3v) is 5.54. The molecule has 7 heteroatoms. The van der Waals surface area contributed by atoms with E-state index in [9.17, 15) is 13.2 Å². The molecule has 3 N–H and O–H groups in total. The van der Waals surface area contributed by atoms with Gasteiger partial charge in [0, 0.05) is 6.20 Å². The third kappa shape index (κ3) is 3.05. The first-order valence-corrected chi connectivity index (χ1v) is 8.83. The minimum atomic E-state index is -3.93. The smallest absolute Gasteiger partial charge is 0.263 e. The highest BCUT2D eigenvalue weighted by Crippen LogP contribution is 2.40. The number of nitrogens with one attached hydrogen (secondary N) is 1. The summed E-state index contributed by atoms with van der Waals surface area (Å²) in [7, 11) is -3.93. The Hall–Kier alpha value is -2.41. The molecule has 0 radical (unpaired) electrons. The number of carbonyl (C=O) groups excluding carboxylic acids is 1. The van der Waals surface area contributed by atoms with Gasteiger partial charge in [0.05, 0.1) is 17.4 Å². The van der Waals surface area contributed by atoms with Crippen molar-refractivity contribution in [1.82, 2.24) is 4.98 Å². The zero-order valence-electron chi connectivity index (χ0n) is 12.4. The Balaban J connectivity index is 2.10. The van der Waals surface area contributed by atoms with Gasteiger partial charge < -0.3 is 5.73 Å². The molecule has 1 aliphatic carbocycles. The number of amides is 1. The van der Waals surface area contributed by atoms with Crippen LogP contribution in [-0.2, 0) is 10.0 Å². The predicted molar refractivity (Wildman–Crippen MR) is 86.6 cm³/mol. The molecule has 1 heterocycles. The van der Waals surface area contributed by atoms with E-state index < -0.39 is 15.9 Å². The van der Waals surface area contributed by atoms with Crippen molar-refractivity contribution in [3.8, 4) is 0 Å². The number of nitrogens with zero attached hydrogens (tertiary/aromatic N) is 1. The van der Waals surface area contributed by atoms with Crippen molar-refractivity contribution < 1.29 is 13.2 Å². The number of primary amides is 1. The summed E-state index contributed by atoms with van der Waals surface area (Å²) in [6.45, 7) is 0. The minimum absolute atomic E-state index is 0.0129. The number of nitrogens with two attached hydrogens (primary N) is 1. The molecule has 1 aromatic heterocycles. The van der Waals surface area contributed by atoms with Crippen LogP contribution in [0.4, 0.5) is 5.69 Å². The fourth-order valence-corrected chi connectivity index (χ4v) is 4.26. The van der Waals surface area contributed by atoms with E-state index in [1.165, 1.54) is 12.3 Å². The van der Waals surface area contributed by atoms with E-state index in [0.29, 0.717) is 11.3 Å². The van der Waals surface area contributed by atoms with Crippen molar-refractivity contribution in [2.45, 2.75) is 30.1 Å². The van der Waals surface area contributed by atoms with Crippen molar-refractivity contribution in [2.24, 2.45) is 5.73 Å². The average Bonchev–Trinajstić information content (AvgIpc) is 2.45. The number of hydrogen-bond donors (Lipinski definition) is 2. The molecule has 0 saturated heterocycles. The minimum Gasteiger partial charge on any atom is -0.366 e. The SMILES string of the molecule is NC(=O)c1cccc(C2CCC2)c1S(=O)(=O)Nc1cccnc1. The van der Waals surface area contributed by atoms with Gasteiger partial charge in [-0.1, -0.05) is 18.6 Å². The molecule has 1 amide bonds. The summed E-state index contributed by atoms with van der Waals surface area (Å²) in [6, 6.07) is 8.11. The molecule has 0 unspecified atom stereocenters. The lowest BCUT2D eigenvalue weighted by atomic mass is 9.79. The first kappa shape index (κ1) is 15.5. The van der Waals surface area contributed by atoms with E-state index in [-0.39, 0.29) is 16.4 Å². The molecule has 6 nitrogen and oxygen atoms in total. The largest absolute Gasteiger partial charge is 0.366 e. The second kappa shape index (κ2) is 6.00. The van der Waals surface area contributed by atoms with E-state index in [2.05, 4.69) is 9.71 Å². The molecular weight excluding hydrogens is 314 g/mol. The number of aromatic nitrogens is 1. The van der Waals surface area contributed by atoms with E-state index in [1.54, 1.807) is 30.5 Å². The number of benzene rings is 1. The van der Waals surface area contributed by atoms with Gasteiger partial charge in [0.2, 0.25) is 5.91 Å². The lowest BCUT2D eigenvalue weighted by Gasteiger charge is -2.28. The summed E-state index contributed by atoms with van der Waals surface area (Å²) >= 11 is 0. The highest BCUT2D eigenvalue weighted by molar-refractivity contribution is 7.92. The summed E-state index contributed by atoms with van der Waals surface area (Å²) < 4.78 is 28.2. The van der Waals surface area contributed by atoms with Crippen molar-refractivity contribution in [1.29, 1.82) is 0 Å². The molecule has 0 aliphatic heterocycles. The first-order chi connectivity index (χ1) is 11.0. The molecule has 2 aromatic rings. The molecule has 0 bridgehead atoms. The molecule has 0 atom stereocenters. The van der Waals surface area contributed by atoms with Gasteiger partial charge in [-0.25, -0.2) is 8.42 Å². The Morgan fingerprint density at radius 3 is 2.57 bits per heavy atom. The zero-order valence-corrected chi connectivity index (χ0v) is 13.2. The summed E-state index contributed by atoms with van der Waals surface area (Å²) in [4.78, 5) is 15.6. The fourth-order valence-electron chi connectivity index (χ4n) is 2.72. The van der Waals surface area contributed by atoms with Crippen LogP contribution in [0.25, 0.3) is 0 Å².